The van der Waals surface area contributed by atoms with Crippen molar-refractivity contribution in [2.24, 2.45) is 7.05 Å². The van der Waals surface area contributed by atoms with E-state index in [1.54, 1.807) is 4.90 Å². The number of nitrogens with zero attached hydrogens (tertiary/aromatic N) is 3. The molecule has 0 bridgehead atoms. The molecule has 2 amide bonds. The third-order valence-electron chi connectivity index (χ3n) is 3.41. The molecule has 5 heteroatoms. The molecule has 1 aromatic heterocycles. The van der Waals surface area contributed by atoms with Gasteiger partial charge in [-0.05, 0) is 39.0 Å². The van der Waals surface area contributed by atoms with Gasteiger partial charge in [-0.15, -0.1) is 0 Å². The number of aromatic nitrogens is 2. The van der Waals surface area contributed by atoms with Gasteiger partial charge >= 0.3 is 6.03 Å². The summed E-state index contributed by atoms with van der Waals surface area (Å²) in [6.45, 7) is 7.30. The molecule has 0 unspecified atom stereocenters. The van der Waals surface area contributed by atoms with Crippen molar-refractivity contribution in [1.29, 1.82) is 0 Å². The molecule has 1 aromatic carbocycles. The van der Waals surface area contributed by atoms with Crippen molar-refractivity contribution in [3.8, 4) is 0 Å². The first-order chi connectivity index (χ1) is 9.06. The highest BCUT2D eigenvalue weighted by atomic mass is 16.2. The Balaban J connectivity index is 2.24. The van der Waals surface area contributed by atoms with Crippen molar-refractivity contribution in [2.45, 2.75) is 20.8 Å². The van der Waals surface area contributed by atoms with Gasteiger partial charge in [0.15, 0.2) is 0 Å². The maximum Gasteiger partial charge on any atom is 0.321 e. The number of hydrogen-bond acceptors (Lipinski definition) is 2. The number of fused-ring (bicyclic) bond motifs is 1. The molecule has 5 nitrogen and oxygen atoms in total. The molecule has 0 aliphatic rings. The molecule has 0 saturated heterocycles. The predicted molar refractivity (Wildman–Crippen MR) is 77.4 cm³/mol. The molecule has 1 N–H and O–H groups in total. The van der Waals surface area contributed by atoms with Gasteiger partial charge in [0.05, 0.1) is 11.0 Å². The Bertz CT molecular complexity index is 599. The largest absolute Gasteiger partial charge is 0.331 e. The molecule has 0 atom stereocenters. The fourth-order valence-electron chi connectivity index (χ4n) is 2.11. The first kappa shape index (κ1) is 13.4. The van der Waals surface area contributed by atoms with Crippen LogP contribution in [0.15, 0.2) is 18.2 Å². The highest BCUT2D eigenvalue weighted by Gasteiger charge is 2.10. The molecule has 102 valence electrons. The van der Waals surface area contributed by atoms with E-state index in [0.29, 0.717) is 13.1 Å². The summed E-state index contributed by atoms with van der Waals surface area (Å²) in [5, 5.41) is 2.90. The van der Waals surface area contributed by atoms with Crippen LogP contribution in [-0.4, -0.2) is 33.6 Å². The van der Waals surface area contributed by atoms with Crippen LogP contribution in [0.5, 0.6) is 0 Å². The number of carbonyl (C=O) groups excluding carboxylic acids is 1. The number of carbonyl (C=O) groups is 1. The van der Waals surface area contributed by atoms with Crippen LogP contribution in [0.25, 0.3) is 11.0 Å². The zero-order chi connectivity index (χ0) is 14.0. The lowest BCUT2D eigenvalue weighted by molar-refractivity contribution is 0.217. The molecule has 1 heterocycles. The normalized spacial score (nSPS) is 10.7. The smallest absolute Gasteiger partial charge is 0.321 e. The Morgan fingerprint density at radius 3 is 2.68 bits per heavy atom. The maximum atomic E-state index is 12.0. The van der Waals surface area contributed by atoms with Crippen LogP contribution in [0.1, 0.15) is 19.7 Å². The highest BCUT2D eigenvalue weighted by Crippen LogP contribution is 2.19. The summed E-state index contributed by atoms with van der Waals surface area (Å²) >= 11 is 0. The average Bonchev–Trinajstić information content (AvgIpc) is 2.66. The van der Waals surface area contributed by atoms with Crippen molar-refractivity contribution in [1.82, 2.24) is 14.5 Å². The lowest BCUT2D eigenvalue weighted by Gasteiger charge is -2.19. The summed E-state index contributed by atoms with van der Waals surface area (Å²) in [5.74, 6) is 0.960. The second kappa shape index (κ2) is 5.30. The van der Waals surface area contributed by atoms with E-state index in [9.17, 15) is 4.79 Å². The van der Waals surface area contributed by atoms with Crippen LogP contribution >= 0.6 is 0 Å². The first-order valence-corrected chi connectivity index (χ1v) is 6.55. The summed E-state index contributed by atoms with van der Waals surface area (Å²) < 4.78 is 2.03. The van der Waals surface area contributed by atoms with E-state index in [-0.39, 0.29) is 6.03 Å². The number of benzene rings is 1. The molecule has 19 heavy (non-hydrogen) atoms. The van der Waals surface area contributed by atoms with E-state index in [4.69, 9.17) is 0 Å². The number of aryl methyl sites for hydroxylation is 2. The fraction of sp³-hybridized carbons (Fsp3) is 0.429. The van der Waals surface area contributed by atoms with E-state index < -0.39 is 0 Å². The third kappa shape index (κ3) is 2.54. The molecule has 0 aliphatic carbocycles. The molecule has 0 spiro atoms. The highest BCUT2D eigenvalue weighted by molar-refractivity contribution is 5.92. The second-order valence-corrected chi connectivity index (χ2v) is 4.52. The van der Waals surface area contributed by atoms with Crippen molar-refractivity contribution in [2.75, 3.05) is 18.4 Å². The van der Waals surface area contributed by atoms with Crippen LogP contribution < -0.4 is 5.32 Å². The summed E-state index contributed by atoms with van der Waals surface area (Å²) in [6, 6.07) is 5.72. The van der Waals surface area contributed by atoms with Crippen molar-refractivity contribution in [3.05, 3.63) is 24.0 Å². The lowest BCUT2D eigenvalue weighted by atomic mass is 10.2. The number of rotatable bonds is 3. The molecule has 2 rings (SSSR count). The molecule has 0 radical (unpaired) electrons. The van der Waals surface area contributed by atoms with Gasteiger partial charge in [0, 0.05) is 25.8 Å². The lowest BCUT2D eigenvalue weighted by Crippen LogP contribution is -2.34. The Labute approximate surface area is 113 Å². The van der Waals surface area contributed by atoms with Crippen LogP contribution in [0.2, 0.25) is 0 Å². The minimum absolute atomic E-state index is 0.0722. The number of nitrogens with one attached hydrogen (secondary N) is 1. The van der Waals surface area contributed by atoms with Crippen LogP contribution in [0.4, 0.5) is 10.5 Å². The minimum atomic E-state index is -0.0722. The number of amides is 2. The Morgan fingerprint density at radius 1 is 1.37 bits per heavy atom. The second-order valence-electron chi connectivity index (χ2n) is 4.52. The molecular weight excluding hydrogens is 240 g/mol. The monoisotopic (exact) mass is 260 g/mol. The summed E-state index contributed by atoms with van der Waals surface area (Å²) in [7, 11) is 1.98. The zero-order valence-corrected chi connectivity index (χ0v) is 11.9. The molecule has 2 aromatic rings. The number of anilines is 1. The van der Waals surface area contributed by atoms with Crippen molar-refractivity contribution >= 4 is 22.8 Å². The van der Waals surface area contributed by atoms with E-state index >= 15 is 0 Å². The van der Waals surface area contributed by atoms with Gasteiger partial charge in [0.25, 0.3) is 0 Å². The van der Waals surface area contributed by atoms with E-state index in [1.165, 1.54) is 0 Å². The van der Waals surface area contributed by atoms with Crippen molar-refractivity contribution in [3.63, 3.8) is 0 Å². The predicted octanol–water partition coefficient (Wildman–Crippen LogP) is 2.76. The van der Waals surface area contributed by atoms with Gasteiger partial charge in [-0.3, -0.25) is 0 Å². The quantitative estimate of drug-likeness (QED) is 0.922. The van der Waals surface area contributed by atoms with Gasteiger partial charge in [-0.25, -0.2) is 9.78 Å². The summed E-state index contributed by atoms with van der Waals surface area (Å²) in [4.78, 5) is 18.2. The standard InChI is InChI=1S/C14H20N4O/c1-5-18(6-2)14(19)16-11-7-8-13-12(9-11)15-10(3)17(13)4/h7-9H,5-6H2,1-4H3,(H,16,19). The number of imidazole rings is 1. The SMILES string of the molecule is CCN(CC)C(=O)Nc1ccc2c(c1)nc(C)n2C. The van der Waals surface area contributed by atoms with Gasteiger partial charge in [-0.1, -0.05) is 0 Å². The van der Waals surface area contributed by atoms with E-state index in [2.05, 4.69) is 10.3 Å². The maximum absolute atomic E-state index is 12.0. The first-order valence-electron chi connectivity index (χ1n) is 6.55. The van der Waals surface area contributed by atoms with E-state index in [1.807, 2.05) is 50.6 Å². The average molecular weight is 260 g/mol. The third-order valence-corrected chi connectivity index (χ3v) is 3.41. The summed E-state index contributed by atoms with van der Waals surface area (Å²) in [5.41, 5.74) is 2.75. The van der Waals surface area contributed by atoms with Crippen LogP contribution in [0, 0.1) is 6.92 Å². The van der Waals surface area contributed by atoms with Gasteiger partial charge in [-0.2, -0.15) is 0 Å². The molecular formula is C14H20N4O. The Hall–Kier alpha value is -2.04. The molecule has 0 aliphatic heterocycles. The number of urea groups is 1. The van der Waals surface area contributed by atoms with Gasteiger partial charge in [0.1, 0.15) is 5.82 Å². The molecule has 0 fully saturated rings. The van der Waals surface area contributed by atoms with Gasteiger partial charge in [0.2, 0.25) is 0 Å². The van der Waals surface area contributed by atoms with Crippen LogP contribution in [-0.2, 0) is 7.05 Å². The van der Waals surface area contributed by atoms with Gasteiger partial charge < -0.3 is 14.8 Å². The fourth-order valence-corrected chi connectivity index (χ4v) is 2.11. The Morgan fingerprint density at radius 2 is 2.05 bits per heavy atom. The zero-order valence-electron chi connectivity index (χ0n) is 11.9. The topological polar surface area (TPSA) is 50.2 Å². The summed E-state index contributed by atoms with van der Waals surface area (Å²) in [6.07, 6.45) is 0. The number of hydrogen-bond donors (Lipinski definition) is 1. The minimum Gasteiger partial charge on any atom is -0.331 e. The molecule has 0 saturated carbocycles. The van der Waals surface area contributed by atoms with Crippen molar-refractivity contribution < 1.29 is 4.79 Å². The Kier molecular flexibility index (Phi) is 3.74. The van der Waals surface area contributed by atoms with Crippen LogP contribution in [0.3, 0.4) is 0 Å². The van der Waals surface area contributed by atoms with E-state index in [0.717, 1.165) is 22.5 Å².